The molecule has 106 valence electrons. The Balaban J connectivity index is 2.32. The fourth-order valence-electron chi connectivity index (χ4n) is 1.52. The molecule has 0 aliphatic heterocycles. The molecule has 0 aliphatic rings. The molecule has 0 spiro atoms. The van der Waals surface area contributed by atoms with Crippen molar-refractivity contribution < 1.29 is 18.0 Å². The Morgan fingerprint density at radius 3 is 2.60 bits per heavy atom. The summed E-state index contributed by atoms with van der Waals surface area (Å²) in [6.07, 6.45) is -4.61. The van der Waals surface area contributed by atoms with Crippen molar-refractivity contribution in [2.75, 3.05) is 5.32 Å². The maximum Gasteiger partial charge on any atom is 0.418 e. The second kappa shape index (κ2) is 5.41. The predicted octanol–water partition coefficient (Wildman–Crippen LogP) is 4.38. The number of aryl methyl sites for hydroxylation is 1. The molecule has 0 saturated heterocycles. The van der Waals surface area contributed by atoms with Crippen molar-refractivity contribution in [1.82, 2.24) is 4.37 Å². The molecule has 1 heterocycles. The van der Waals surface area contributed by atoms with Crippen LogP contribution in [0.3, 0.4) is 0 Å². The fourth-order valence-corrected chi connectivity index (χ4v) is 2.23. The highest BCUT2D eigenvalue weighted by Gasteiger charge is 2.34. The molecule has 0 saturated carbocycles. The summed E-state index contributed by atoms with van der Waals surface area (Å²) in [5, 5.41) is 2.14. The minimum absolute atomic E-state index is 0.0557. The van der Waals surface area contributed by atoms with Crippen LogP contribution in [0.1, 0.15) is 20.9 Å². The van der Waals surface area contributed by atoms with Gasteiger partial charge in [0.25, 0.3) is 5.91 Å². The Bertz CT molecular complexity index is 654. The number of amides is 1. The zero-order valence-electron chi connectivity index (χ0n) is 10.1. The molecule has 8 heteroatoms. The van der Waals surface area contributed by atoms with Gasteiger partial charge in [0.1, 0.15) is 5.69 Å². The third kappa shape index (κ3) is 3.29. The smallest absolute Gasteiger partial charge is 0.320 e. The lowest BCUT2D eigenvalue weighted by Crippen LogP contribution is -2.16. The molecular weight excluding hydrogens is 313 g/mol. The lowest BCUT2D eigenvalue weighted by Gasteiger charge is -2.13. The molecule has 1 aromatic heterocycles. The largest absolute Gasteiger partial charge is 0.418 e. The van der Waals surface area contributed by atoms with E-state index in [0.717, 1.165) is 28.5 Å². The normalized spacial score (nSPS) is 11.4. The maximum absolute atomic E-state index is 12.9. The van der Waals surface area contributed by atoms with Crippen LogP contribution in [0.25, 0.3) is 0 Å². The summed E-state index contributed by atoms with van der Waals surface area (Å²) in [5.74, 6) is -0.692. The van der Waals surface area contributed by atoms with E-state index >= 15 is 0 Å². The molecule has 0 bridgehead atoms. The van der Waals surface area contributed by atoms with Gasteiger partial charge in [0, 0.05) is 9.90 Å². The van der Waals surface area contributed by atoms with Gasteiger partial charge in [-0.2, -0.15) is 17.5 Å². The van der Waals surface area contributed by atoms with Crippen molar-refractivity contribution in [2.45, 2.75) is 13.1 Å². The van der Waals surface area contributed by atoms with Crippen LogP contribution < -0.4 is 5.32 Å². The number of benzene rings is 1. The number of hydrogen-bond donors (Lipinski definition) is 1. The van der Waals surface area contributed by atoms with E-state index in [1.165, 1.54) is 12.1 Å². The summed E-state index contributed by atoms with van der Waals surface area (Å²) in [4.78, 5) is 12.6. The van der Waals surface area contributed by atoms with Crippen LogP contribution in [0.5, 0.6) is 0 Å². The molecule has 1 amide bonds. The molecule has 1 aromatic carbocycles. The Morgan fingerprint density at radius 2 is 2.05 bits per heavy atom. The van der Waals surface area contributed by atoms with Gasteiger partial charge in [0.2, 0.25) is 0 Å². The SMILES string of the molecule is Cc1cc(C(=O)Nc2ccc(Cl)cc2C(F)(F)F)ns1. The molecule has 3 nitrogen and oxygen atoms in total. The number of aromatic nitrogens is 1. The van der Waals surface area contributed by atoms with Crippen molar-refractivity contribution in [1.29, 1.82) is 0 Å². The summed E-state index contributed by atoms with van der Waals surface area (Å²) >= 11 is 6.66. The highest BCUT2D eigenvalue weighted by atomic mass is 35.5. The van der Waals surface area contributed by atoms with Gasteiger partial charge in [-0.3, -0.25) is 4.79 Å². The van der Waals surface area contributed by atoms with Gasteiger partial charge in [-0.05, 0) is 42.7 Å². The van der Waals surface area contributed by atoms with E-state index in [1.54, 1.807) is 6.92 Å². The second-order valence-electron chi connectivity index (χ2n) is 3.96. The van der Waals surface area contributed by atoms with E-state index in [2.05, 4.69) is 9.69 Å². The van der Waals surface area contributed by atoms with E-state index in [4.69, 9.17) is 11.6 Å². The number of carbonyl (C=O) groups is 1. The number of nitrogens with zero attached hydrogens (tertiary/aromatic N) is 1. The van der Waals surface area contributed by atoms with E-state index in [9.17, 15) is 18.0 Å². The van der Waals surface area contributed by atoms with Crippen molar-refractivity contribution in [3.05, 3.63) is 45.4 Å². The molecule has 0 unspecified atom stereocenters. The van der Waals surface area contributed by atoms with Gasteiger partial charge in [-0.25, -0.2) is 0 Å². The third-order valence-corrected chi connectivity index (χ3v) is 3.32. The number of hydrogen-bond acceptors (Lipinski definition) is 3. The quantitative estimate of drug-likeness (QED) is 0.892. The molecule has 1 N–H and O–H groups in total. The van der Waals surface area contributed by atoms with Gasteiger partial charge in [0.05, 0.1) is 11.3 Å². The molecule has 20 heavy (non-hydrogen) atoms. The molecule has 0 atom stereocenters. The number of nitrogens with one attached hydrogen (secondary N) is 1. The van der Waals surface area contributed by atoms with Crippen molar-refractivity contribution in [2.24, 2.45) is 0 Å². The summed E-state index contributed by atoms with van der Waals surface area (Å²) in [6.45, 7) is 1.75. The molecule has 2 aromatic rings. The molecule has 0 fully saturated rings. The van der Waals surface area contributed by atoms with Crippen LogP contribution in [-0.4, -0.2) is 10.3 Å². The molecule has 0 aliphatic carbocycles. The van der Waals surface area contributed by atoms with E-state index in [0.29, 0.717) is 0 Å². The van der Waals surface area contributed by atoms with Crippen molar-refractivity contribution in [3.8, 4) is 0 Å². The number of halogens is 4. The van der Waals surface area contributed by atoms with Gasteiger partial charge in [-0.1, -0.05) is 11.6 Å². The van der Waals surface area contributed by atoms with Crippen LogP contribution in [0.2, 0.25) is 5.02 Å². The lowest BCUT2D eigenvalue weighted by atomic mass is 10.1. The first-order valence-electron chi connectivity index (χ1n) is 5.39. The van der Waals surface area contributed by atoms with Crippen molar-refractivity contribution >= 4 is 34.7 Å². The third-order valence-electron chi connectivity index (χ3n) is 2.40. The highest BCUT2D eigenvalue weighted by Crippen LogP contribution is 2.36. The van der Waals surface area contributed by atoms with Crippen LogP contribution >= 0.6 is 23.1 Å². The van der Waals surface area contributed by atoms with Gasteiger partial charge < -0.3 is 5.32 Å². The van der Waals surface area contributed by atoms with Crippen LogP contribution in [0.15, 0.2) is 24.3 Å². The van der Waals surface area contributed by atoms with E-state index in [-0.39, 0.29) is 16.4 Å². The average molecular weight is 321 g/mol. The summed E-state index contributed by atoms with van der Waals surface area (Å²) in [6, 6.07) is 4.66. The summed E-state index contributed by atoms with van der Waals surface area (Å²) < 4.78 is 42.4. The Hall–Kier alpha value is -1.60. The highest BCUT2D eigenvalue weighted by molar-refractivity contribution is 7.05. The second-order valence-corrected chi connectivity index (χ2v) is 5.41. The lowest BCUT2D eigenvalue weighted by molar-refractivity contribution is -0.136. The molecular formula is C12H8ClF3N2OS. The number of carbonyl (C=O) groups excluding carboxylic acids is 1. The van der Waals surface area contributed by atoms with Crippen LogP contribution in [-0.2, 0) is 6.18 Å². The van der Waals surface area contributed by atoms with Gasteiger partial charge in [-0.15, -0.1) is 0 Å². The first kappa shape index (κ1) is 14.8. The van der Waals surface area contributed by atoms with Gasteiger partial charge >= 0.3 is 6.18 Å². The van der Waals surface area contributed by atoms with E-state index < -0.39 is 17.6 Å². The first-order chi connectivity index (χ1) is 9.27. The standard InChI is InChI=1S/C12H8ClF3N2OS/c1-6-4-10(18-20-6)11(19)17-9-3-2-7(13)5-8(9)12(14,15)16/h2-5H,1H3,(H,17,19). The maximum atomic E-state index is 12.9. The Labute approximate surface area is 121 Å². The zero-order valence-corrected chi connectivity index (χ0v) is 11.7. The van der Waals surface area contributed by atoms with Crippen molar-refractivity contribution in [3.63, 3.8) is 0 Å². The van der Waals surface area contributed by atoms with E-state index in [1.807, 2.05) is 0 Å². The molecule has 2 rings (SSSR count). The summed E-state index contributed by atoms with van der Waals surface area (Å²) in [7, 11) is 0. The fraction of sp³-hybridized carbons (Fsp3) is 0.167. The topological polar surface area (TPSA) is 42.0 Å². The van der Waals surface area contributed by atoms with Gasteiger partial charge in [0.15, 0.2) is 0 Å². The number of rotatable bonds is 2. The summed E-state index contributed by atoms with van der Waals surface area (Å²) in [5.41, 5.74) is -1.27. The Morgan fingerprint density at radius 1 is 1.35 bits per heavy atom. The number of anilines is 1. The van der Waals surface area contributed by atoms with Crippen LogP contribution in [0, 0.1) is 6.92 Å². The monoisotopic (exact) mass is 320 g/mol. The minimum Gasteiger partial charge on any atom is -0.320 e. The molecule has 0 radical (unpaired) electrons. The zero-order chi connectivity index (χ0) is 14.9. The minimum atomic E-state index is -4.61. The first-order valence-corrected chi connectivity index (χ1v) is 6.54. The predicted molar refractivity (Wildman–Crippen MR) is 71.3 cm³/mol. The van der Waals surface area contributed by atoms with Crippen LogP contribution in [0.4, 0.5) is 18.9 Å². The Kier molecular flexibility index (Phi) is 4.01. The average Bonchev–Trinajstić information content (AvgIpc) is 2.77. The number of alkyl halides is 3.